The van der Waals surface area contributed by atoms with E-state index in [9.17, 15) is 4.79 Å². The summed E-state index contributed by atoms with van der Waals surface area (Å²) in [5.74, 6) is -0.272. The predicted octanol–water partition coefficient (Wildman–Crippen LogP) is 3.88. The molecule has 0 amide bonds. The van der Waals surface area contributed by atoms with E-state index in [1.165, 1.54) is 0 Å². The van der Waals surface area contributed by atoms with Gasteiger partial charge in [0.15, 0.2) is 0 Å². The lowest BCUT2D eigenvalue weighted by molar-refractivity contribution is -0.153. The summed E-state index contributed by atoms with van der Waals surface area (Å²) in [6.07, 6.45) is 0.203. The first-order valence-electron chi connectivity index (χ1n) is 4.94. The summed E-state index contributed by atoms with van der Waals surface area (Å²) in [5, 5.41) is 0.928. The molecule has 0 saturated carbocycles. The largest absolute Gasteiger partial charge is 0.460 e. The van der Waals surface area contributed by atoms with E-state index in [1.54, 1.807) is 18.2 Å². The molecule has 0 aliphatic carbocycles. The highest BCUT2D eigenvalue weighted by Gasteiger charge is 2.16. The first-order chi connectivity index (χ1) is 7.28. The molecule has 0 saturated heterocycles. The minimum absolute atomic E-state index is 0.203. The molecule has 1 rings (SSSR count). The van der Waals surface area contributed by atoms with Gasteiger partial charge in [-0.05, 0) is 38.5 Å². The Labute approximate surface area is 106 Å². The van der Waals surface area contributed by atoms with Crippen molar-refractivity contribution in [1.82, 2.24) is 0 Å². The van der Waals surface area contributed by atoms with E-state index in [0.717, 1.165) is 5.56 Å². The number of halogens is 2. The quantitative estimate of drug-likeness (QED) is 0.755. The number of hydrogen-bond acceptors (Lipinski definition) is 2. The first-order valence-corrected chi connectivity index (χ1v) is 5.69. The summed E-state index contributed by atoms with van der Waals surface area (Å²) < 4.78 is 5.20. The molecule has 88 valence electrons. The number of ether oxygens (including phenoxy) is 1. The van der Waals surface area contributed by atoms with E-state index < -0.39 is 5.60 Å². The average molecular weight is 261 g/mol. The SMILES string of the molecule is CC(C)(C)OC(=O)Cc1ccc(Cl)c(Cl)c1. The first kappa shape index (κ1) is 13.3. The van der Waals surface area contributed by atoms with Gasteiger partial charge in [-0.2, -0.15) is 0 Å². The molecular formula is C12H14Cl2O2. The molecule has 0 atom stereocenters. The van der Waals surface area contributed by atoms with Crippen molar-refractivity contribution in [2.45, 2.75) is 32.8 Å². The van der Waals surface area contributed by atoms with E-state index >= 15 is 0 Å². The van der Waals surface area contributed by atoms with Crippen molar-refractivity contribution in [2.24, 2.45) is 0 Å². The van der Waals surface area contributed by atoms with Gasteiger partial charge in [0, 0.05) is 0 Å². The fourth-order valence-corrected chi connectivity index (χ4v) is 1.51. The number of esters is 1. The molecule has 16 heavy (non-hydrogen) atoms. The summed E-state index contributed by atoms with van der Waals surface area (Å²) >= 11 is 11.6. The molecule has 0 radical (unpaired) electrons. The highest BCUT2D eigenvalue weighted by Crippen LogP contribution is 2.23. The molecule has 0 aliphatic rings. The van der Waals surface area contributed by atoms with Crippen LogP contribution in [0.1, 0.15) is 26.3 Å². The van der Waals surface area contributed by atoms with Gasteiger partial charge in [0.05, 0.1) is 16.5 Å². The van der Waals surface area contributed by atoms with Gasteiger partial charge < -0.3 is 4.74 Å². The molecule has 0 fully saturated rings. The van der Waals surface area contributed by atoms with Gasteiger partial charge in [-0.1, -0.05) is 29.3 Å². The fourth-order valence-electron chi connectivity index (χ4n) is 1.19. The van der Waals surface area contributed by atoms with Crippen molar-refractivity contribution in [3.8, 4) is 0 Å². The molecule has 1 aromatic rings. The molecule has 0 aromatic heterocycles. The minimum atomic E-state index is -0.465. The van der Waals surface area contributed by atoms with Gasteiger partial charge >= 0.3 is 5.97 Å². The van der Waals surface area contributed by atoms with Gasteiger partial charge in [-0.3, -0.25) is 4.79 Å². The smallest absolute Gasteiger partial charge is 0.310 e. The molecule has 0 N–H and O–H groups in total. The number of benzene rings is 1. The lowest BCUT2D eigenvalue weighted by Gasteiger charge is -2.19. The zero-order valence-corrected chi connectivity index (χ0v) is 11.0. The van der Waals surface area contributed by atoms with E-state index in [-0.39, 0.29) is 12.4 Å². The monoisotopic (exact) mass is 260 g/mol. The highest BCUT2D eigenvalue weighted by molar-refractivity contribution is 6.42. The standard InChI is InChI=1S/C12H14Cl2O2/c1-12(2,3)16-11(15)7-8-4-5-9(13)10(14)6-8/h4-6H,7H2,1-3H3. The van der Waals surface area contributed by atoms with Crippen LogP contribution in [0.25, 0.3) is 0 Å². The number of rotatable bonds is 2. The molecule has 0 unspecified atom stereocenters. The molecule has 0 spiro atoms. The second-order valence-electron chi connectivity index (χ2n) is 4.51. The van der Waals surface area contributed by atoms with Crippen LogP contribution >= 0.6 is 23.2 Å². The maximum Gasteiger partial charge on any atom is 0.310 e. The normalized spacial score (nSPS) is 11.3. The second kappa shape index (κ2) is 5.07. The molecule has 0 aliphatic heterocycles. The summed E-state index contributed by atoms with van der Waals surface area (Å²) in [4.78, 5) is 11.5. The summed E-state index contributed by atoms with van der Waals surface area (Å²) in [7, 11) is 0. The molecule has 2 nitrogen and oxygen atoms in total. The van der Waals surface area contributed by atoms with Crippen LogP contribution in [0.3, 0.4) is 0 Å². The lowest BCUT2D eigenvalue weighted by Crippen LogP contribution is -2.24. The maximum absolute atomic E-state index is 11.5. The van der Waals surface area contributed by atoms with Gasteiger partial charge in [0.25, 0.3) is 0 Å². The Hall–Kier alpha value is -0.730. The third kappa shape index (κ3) is 4.42. The van der Waals surface area contributed by atoms with Crippen molar-refractivity contribution in [1.29, 1.82) is 0 Å². The van der Waals surface area contributed by atoms with E-state index in [1.807, 2.05) is 20.8 Å². The molecule has 4 heteroatoms. The molecular weight excluding hydrogens is 247 g/mol. The van der Waals surface area contributed by atoms with Crippen LogP contribution in [0.2, 0.25) is 10.0 Å². The number of carbonyl (C=O) groups excluding carboxylic acids is 1. The van der Waals surface area contributed by atoms with Crippen molar-refractivity contribution >= 4 is 29.2 Å². The van der Waals surface area contributed by atoms with Crippen molar-refractivity contribution in [2.75, 3.05) is 0 Å². The van der Waals surface area contributed by atoms with Crippen LogP contribution in [0.5, 0.6) is 0 Å². The maximum atomic E-state index is 11.5. The van der Waals surface area contributed by atoms with Crippen molar-refractivity contribution in [3.05, 3.63) is 33.8 Å². The van der Waals surface area contributed by atoms with Crippen LogP contribution in [0, 0.1) is 0 Å². The Morgan fingerprint density at radius 2 is 1.88 bits per heavy atom. The summed E-state index contributed by atoms with van der Waals surface area (Å²) in [6.45, 7) is 5.50. The van der Waals surface area contributed by atoms with E-state index in [4.69, 9.17) is 27.9 Å². The third-order valence-corrected chi connectivity index (χ3v) is 2.49. The topological polar surface area (TPSA) is 26.3 Å². The van der Waals surface area contributed by atoms with Crippen LogP contribution < -0.4 is 0 Å². The van der Waals surface area contributed by atoms with Gasteiger partial charge in [-0.25, -0.2) is 0 Å². The Bertz CT molecular complexity index is 394. The Morgan fingerprint density at radius 3 is 2.38 bits per heavy atom. The zero-order valence-electron chi connectivity index (χ0n) is 9.51. The zero-order chi connectivity index (χ0) is 12.3. The predicted molar refractivity (Wildman–Crippen MR) is 66.0 cm³/mol. The van der Waals surface area contributed by atoms with Crippen LogP contribution in [-0.4, -0.2) is 11.6 Å². The minimum Gasteiger partial charge on any atom is -0.460 e. The Balaban J connectivity index is 2.67. The van der Waals surface area contributed by atoms with Crippen LogP contribution in [0.4, 0.5) is 0 Å². The summed E-state index contributed by atoms with van der Waals surface area (Å²) in [6, 6.07) is 5.11. The van der Waals surface area contributed by atoms with Gasteiger partial charge in [0.1, 0.15) is 5.60 Å². The van der Waals surface area contributed by atoms with E-state index in [0.29, 0.717) is 10.0 Å². The van der Waals surface area contributed by atoms with Crippen molar-refractivity contribution < 1.29 is 9.53 Å². The van der Waals surface area contributed by atoms with Gasteiger partial charge in [0.2, 0.25) is 0 Å². The Kier molecular flexibility index (Phi) is 4.22. The van der Waals surface area contributed by atoms with Crippen LogP contribution in [-0.2, 0) is 16.0 Å². The molecule has 0 heterocycles. The average Bonchev–Trinajstić information content (AvgIpc) is 2.08. The lowest BCUT2D eigenvalue weighted by atomic mass is 10.1. The summed E-state index contributed by atoms with van der Waals surface area (Å²) in [5.41, 5.74) is 0.330. The number of carbonyl (C=O) groups is 1. The highest BCUT2D eigenvalue weighted by atomic mass is 35.5. The molecule has 0 bridgehead atoms. The van der Waals surface area contributed by atoms with E-state index in [2.05, 4.69) is 0 Å². The fraction of sp³-hybridized carbons (Fsp3) is 0.417. The second-order valence-corrected chi connectivity index (χ2v) is 5.33. The third-order valence-electron chi connectivity index (χ3n) is 1.75. The van der Waals surface area contributed by atoms with Crippen molar-refractivity contribution in [3.63, 3.8) is 0 Å². The molecule has 1 aromatic carbocycles. The Morgan fingerprint density at radius 1 is 1.25 bits per heavy atom. The number of hydrogen-bond donors (Lipinski definition) is 0. The van der Waals surface area contributed by atoms with Crippen LogP contribution in [0.15, 0.2) is 18.2 Å². The van der Waals surface area contributed by atoms with Gasteiger partial charge in [-0.15, -0.1) is 0 Å².